The number of rotatable bonds is 7. The quantitative estimate of drug-likeness (QED) is 0.688. The third kappa shape index (κ3) is 5.27. The van der Waals surface area contributed by atoms with Crippen LogP contribution in [0.4, 0.5) is 0 Å². The van der Waals surface area contributed by atoms with Gasteiger partial charge in [0.1, 0.15) is 0 Å². The van der Waals surface area contributed by atoms with Crippen LogP contribution in [0.2, 0.25) is 0 Å². The standard InChI is InChI=1S/C23H23N3O2/c1-26(17-18-9-8-14-24-16-18)22(27)15-21(19-10-4-2-5-11-19)25-23(28)20-12-6-3-7-13-20/h2-14,16,21H,15,17H2,1H3,(H,25,28). The topological polar surface area (TPSA) is 62.3 Å². The molecule has 0 aliphatic heterocycles. The van der Waals surface area contributed by atoms with E-state index in [-0.39, 0.29) is 18.2 Å². The molecule has 0 spiro atoms. The van der Waals surface area contributed by atoms with Crippen LogP contribution in [-0.4, -0.2) is 28.7 Å². The van der Waals surface area contributed by atoms with Gasteiger partial charge in [0.05, 0.1) is 12.5 Å². The van der Waals surface area contributed by atoms with E-state index in [0.717, 1.165) is 11.1 Å². The van der Waals surface area contributed by atoms with E-state index in [0.29, 0.717) is 12.1 Å². The first-order valence-electron chi connectivity index (χ1n) is 9.17. The Bertz CT molecular complexity index is 899. The molecule has 0 fully saturated rings. The van der Waals surface area contributed by atoms with E-state index < -0.39 is 6.04 Å². The molecule has 1 N–H and O–H groups in total. The molecule has 3 rings (SSSR count). The Kier molecular flexibility index (Phi) is 6.52. The molecule has 3 aromatic rings. The van der Waals surface area contributed by atoms with Crippen LogP contribution in [0.1, 0.15) is 33.9 Å². The van der Waals surface area contributed by atoms with Crippen molar-refractivity contribution in [2.24, 2.45) is 0 Å². The molecule has 0 bridgehead atoms. The Labute approximate surface area is 165 Å². The second kappa shape index (κ2) is 9.46. The highest BCUT2D eigenvalue weighted by atomic mass is 16.2. The second-order valence-electron chi connectivity index (χ2n) is 6.62. The van der Waals surface area contributed by atoms with Gasteiger partial charge in [0, 0.05) is 31.5 Å². The Morgan fingerprint density at radius 1 is 0.964 bits per heavy atom. The van der Waals surface area contributed by atoms with Crippen molar-refractivity contribution in [2.45, 2.75) is 19.0 Å². The first kappa shape index (κ1) is 19.3. The third-order valence-corrected chi connectivity index (χ3v) is 4.49. The van der Waals surface area contributed by atoms with E-state index in [9.17, 15) is 9.59 Å². The van der Waals surface area contributed by atoms with Crippen molar-refractivity contribution in [3.63, 3.8) is 0 Å². The predicted octanol–water partition coefficient (Wildman–Crippen LogP) is 3.60. The maximum Gasteiger partial charge on any atom is 0.251 e. The van der Waals surface area contributed by atoms with Gasteiger partial charge in [-0.25, -0.2) is 0 Å². The summed E-state index contributed by atoms with van der Waals surface area (Å²) in [7, 11) is 1.76. The monoisotopic (exact) mass is 373 g/mol. The lowest BCUT2D eigenvalue weighted by Crippen LogP contribution is -2.34. The van der Waals surface area contributed by atoms with E-state index in [1.807, 2.05) is 60.7 Å². The lowest BCUT2D eigenvalue weighted by molar-refractivity contribution is -0.130. The number of aromatic nitrogens is 1. The zero-order chi connectivity index (χ0) is 19.8. The van der Waals surface area contributed by atoms with Gasteiger partial charge in [-0.1, -0.05) is 54.6 Å². The third-order valence-electron chi connectivity index (χ3n) is 4.49. The fourth-order valence-corrected chi connectivity index (χ4v) is 2.95. The van der Waals surface area contributed by atoms with Crippen LogP contribution in [0, 0.1) is 0 Å². The van der Waals surface area contributed by atoms with E-state index in [2.05, 4.69) is 10.3 Å². The van der Waals surface area contributed by atoms with Crippen LogP contribution in [-0.2, 0) is 11.3 Å². The zero-order valence-corrected chi connectivity index (χ0v) is 15.8. The molecule has 5 nitrogen and oxygen atoms in total. The molecule has 2 amide bonds. The maximum absolute atomic E-state index is 12.8. The van der Waals surface area contributed by atoms with E-state index in [1.54, 1.807) is 36.5 Å². The Hall–Kier alpha value is -3.47. The summed E-state index contributed by atoms with van der Waals surface area (Å²) in [6.45, 7) is 0.473. The van der Waals surface area contributed by atoms with Crippen LogP contribution < -0.4 is 5.32 Å². The molecule has 142 valence electrons. The molecule has 28 heavy (non-hydrogen) atoms. The van der Waals surface area contributed by atoms with Crippen molar-refractivity contribution in [2.75, 3.05) is 7.05 Å². The fourth-order valence-electron chi connectivity index (χ4n) is 2.95. The highest BCUT2D eigenvalue weighted by Gasteiger charge is 2.21. The fraction of sp³-hybridized carbons (Fsp3) is 0.174. The first-order chi connectivity index (χ1) is 13.6. The molecule has 1 atom stereocenters. The number of hydrogen-bond donors (Lipinski definition) is 1. The van der Waals surface area contributed by atoms with Gasteiger partial charge >= 0.3 is 0 Å². The van der Waals surface area contributed by atoms with Crippen molar-refractivity contribution < 1.29 is 9.59 Å². The average Bonchev–Trinajstić information content (AvgIpc) is 2.75. The summed E-state index contributed by atoms with van der Waals surface area (Å²) in [6, 6.07) is 22.0. The Morgan fingerprint density at radius 2 is 1.64 bits per heavy atom. The lowest BCUT2D eigenvalue weighted by atomic mass is 10.0. The van der Waals surface area contributed by atoms with Crippen molar-refractivity contribution >= 4 is 11.8 Å². The molecule has 0 saturated carbocycles. The maximum atomic E-state index is 12.8. The second-order valence-corrected chi connectivity index (χ2v) is 6.62. The highest BCUT2D eigenvalue weighted by Crippen LogP contribution is 2.19. The van der Waals surface area contributed by atoms with Crippen LogP contribution >= 0.6 is 0 Å². The molecule has 1 aromatic heterocycles. The highest BCUT2D eigenvalue weighted by molar-refractivity contribution is 5.94. The Morgan fingerprint density at radius 3 is 2.29 bits per heavy atom. The molecule has 0 aliphatic carbocycles. The summed E-state index contributed by atoms with van der Waals surface area (Å²) in [6.07, 6.45) is 3.63. The normalized spacial score (nSPS) is 11.5. The molecule has 5 heteroatoms. The minimum atomic E-state index is -0.405. The van der Waals surface area contributed by atoms with Gasteiger partial charge in [0.15, 0.2) is 0 Å². The molecule has 0 aliphatic rings. The Balaban J connectivity index is 1.72. The SMILES string of the molecule is CN(Cc1cccnc1)C(=O)CC(NC(=O)c1ccccc1)c1ccccc1. The minimum Gasteiger partial charge on any atom is -0.345 e. The molecular formula is C23H23N3O2. The van der Waals surface area contributed by atoms with Crippen LogP contribution in [0.3, 0.4) is 0 Å². The number of hydrogen-bond acceptors (Lipinski definition) is 3. The summed E-state index contributed by atoms with van der Waals surface area (Å²) in [5, 5.41) is 3.00. The smallest absolute Gasteiger partial charge is 0.251 e. The van der Waals surface area contributed by atoms with Crippen LogP contribution in [0.15, 0.2) is 85.2 Å². The summed E-state index contributed by atoms with van der Waals surface area (Å²) in [4.78, 5) is 31.2. The number of benzene rings is 2. The van der Waals surface area contributed by atoms with Gasteiger partial charge in [0.25, 0.3) is 5.91 Å². The number of pyridine rings is 1. The number of carbonyl (C=O) groups is 2. The predicted molar refractivity (Wildman–Crippen MR) is 108 cm³/mol. The van der Waals surface area contributed by atoms with Crippen molar-refractivity contribution in [3.8, 4) is 0 Å². The summed E-state index contributed by atoms with van der Waals surface area (Å²) >= 11 is 0. The van der Waals surface area contributed by atoms with Gasteiger partial charge in [-0.15, -0.1) is 0 Å². The molecule has 1 unspecified atom stereocenters. The summed E-state index contributed by atoms with van der Waals surface area (Å²) < 4.78 is 0. The van der Waals surface area contributed by atoms with Crippen molar-refractivity contribution in [1.29, 1.82) is 0 Å². The molecular weight excluding hydrogens is 350 g/mol. The lowest BCUT2D eigenvalue weighted by Gasteiger charge is -2.23. The van der Waals surface area contributed by atoms with E-state index in [1.165, 1.54) is 0 Å². The molecule has 2 aromatic carbocycles. The zero-order valence-electron chi connectivity index (χ0n) is 15.8. The van der Waals surface area contributed by atoms with Gasteiger partial charge in [-0.3, -0.25) is 14.6 Å². The van der Waals surface area contributed by atoms with Crippen LogP contribution in [0.25, 0.3) is 0 Å². The number of amides is 2. The molecule has 0 radical (unpaired) electrons. The van der Waals surface area contributed by atoms with Gasteiger partial charge in [-0.2, -0.15) is 0 Å². The number of carbonyl (C=O) groups excluding carboxylic acids is 2. The average molecular weight is 373 g/mol. The van der Waals surface area contributed by atoms with E-state index in [4.69, 9.17) is 0 Å². The van der Waals surface area contributed by atoms with Crippen molar-refractivity contribution in [3.05, 3.63) is 102 Å². The first-order valence-corrected chi connectivity index (χ1v) is 9.17. The summed E-state index contributed by atoms with van der Waals surface area (Å²) in [5.74, 6) is -0.247. The largest absolute Gasteiger partial charge is 0.345 e. The van der Waals surface area contributed by atoms with Gasteiger partial charge < -0.3 is 10.2 Å². The van der Waals surface area contributed by atoms with Gasteiger partial charge in [-0.05, 0) is 29.3 Å². The minimum absolute atomic E-state index is 0.0499. The van der Waals surface area contributed by atoms with Crippen LogP contribution in [0.5, 0.6) is 0 Å². The number of nitrogens with zero attached hydrogens (tertiary/aromatic N) is 2. The van der Waals surface area contributed by atoms with Crippen molar-refractivity contribution in [1.82, 2.24) is 15.2 Å². The van der Waals surface area contributed by atoms with E-state index >= 15 is 0 Å². The molecule has 0 saturated heterocycles. The van der Waals surface area contributed by atoms with Gasteiger partial charge in [0.2, 0.25) is 5.91 Å². The summed E-state index contributed by atoms with van der Waals surface area (Å²) in [5.41, 5.74) is 2.43. The molecule has 1 heterocycles. The number of nitrogens with one attached hydrogen (secondary N) is 1.